The lowest BCUT2D eigenvalue weighted by molar-refractivity contribution is -0.123. The Balaban J connectivity index is 1.79. The predicted molar refractivity (Wildman–Crippen MR) is 84.3 cm³/mol. The molecule has 1 aromatic carbocycles. The van der Waals surface area contributed by atoms with Crippen molar-refractivity contribution in [1.29, 1.82) is 0 Å². The van der Waals surface area contributed by atoms with E-state index in [2.05, 4.69) is 31.4 Å². The number of aryl methyl sites for hydroxylation is 1. The van der Waals surface area contributed by atoms with Crippen LogP contribution in [-0.2, 0) is 4.79 Å². The van der Waals surface area contributed by atoms with Gasteiger partial charge in [-0.2, -0.15) is 5.10 Å². The van der Waals surface area contributed by atoms with E-state index in [1.54, 1.807) is 24.5 Å². The molecule has 1 aromatic heterocycles. The summed E-state index contributed by atoms with van der Waals surface area (Å²) >= 11 is 3.41. The molecule has 2 aromatic rings. The van der Waals surface area contributed by atoms with Gasteiger partial charge in [0.05, 0.1) is 6.21 Å². The number of amides is 1. The highest BCUT2D eigenvalue weighted by molar-refractivity contribution is 9.10. The Bertz CT molecular complexity index is 645. The predicted octanol–water partition coefficient (Wildman–Crippen LogP) is 2.68. The van der Waals surface area contributed by atoms with E-state index >= 15 is 0 Å². The van der Waals surface area contributed by atoms with Gasteiger partial charge in [-0.3, -0.25) is 9.78 Å². The third kappa shape index (κ3) is 5.00. The van der Waals surface area contributed by atoms with Crippen LogP contribution < -0.4 is 10.2 Å². The van der Waals surface area contributed by atoms with Gasteiger partial charge in [0.15, 0.2) is 6.61 Å². The van der Waals surface area contributed by atoms with Crippen molar-refractivity contribution in [3.8, 4) is 5.75 Å². The summed E-state index contributed by atoms with van der Waals surface area (Å²) in [6.07, 6.45) is 4.84. The molecule has 0 aliphatic heterocycles. The molecule has 5 nitrogen and oxygen atoms in total. The highest BCUT2D eigenvalue weighted by atomic mass is 79.9. The number of benzene rings is 1. The molecule has 1 heterocycles. The first-order chi connectivity index (χ1) is 10.1. The van der Waals surface area contributed by atoms with E-state index in [0.29, 0.717) is 5.75 Å². The summed E-state index contributed by atoms with van der Waals surface area (Å²) in [6, 6.07) is 9.16. The maximum atomic E-state index is 11.6. The maximum absolute atomic E-state index is 11.6. The average Bonchev–Trinajstić information content (AvgIpc) is 2.49. The molecule has 1 N–H and O–H groups in total. The first-order valence-corrected chi connectivity index (χ1v) is 7.05. The largest absolute Gasteiger partial charge is 0.484 e. The van der Waals surface area contributed by atoms with E-state index in [1.165, 1.54) is 6.21 Å². The van der Waals surface area contributed by atoms with Gasteiger partial charge in [-0.25, -0.2) is 5.43 Å². The van der Waals surface area contributed by atoms with E-state index in [0.717, 1.165) is 15.6 Å². The molecule has 21 heavy (non-hydrogen) atoms. The van der Waals surface area contributed by atoms with Gasteiger partial charge < -0.3 is 4.74 Å². The second-order valence-electron chi connectivity index (χ2n) is 4.28. The zero-order valence-corrected chi connectivity index (χ0v) is 13.0. The van der Waals surface area contributed by atoms with Crippen LogP contribution in [0.5, 0.6) is 5.75 Å². The van der Waals surface area contributed by atoms with Gasteiger partial charge in [-0.05, 0) is 36.8 Å². The minimum atomic E-state index is -0.323. The fourth-order valence-corrected chi connectivity index (χ4v) is 1.77. The molecule has 108 valence electrons. The van der Waals surface area contributed by atoms with Crippen molar-refractivity contribution >= 4 is 28.1 Å². The molecule has 0 radical (unpaired) electrons. The standard InChI is InChI=1S/C15H14BrN3O2/c1-11-7-13(4-5-14(11)16)21-10-15(20)19-18-9-12-3-2-6-17-8-12/h2-9H,10H2,1H3,(H,19,20). The molecular weight excluding hydrogens is 334 g/mol. The molecule has 0 fully saturated rings. The van der Waals surface area contributed by atoms with Gasteiger partial charge in [-0.15, -0.1) is 0 Å². The normalized spacial score (nSPS) is 10.6. The zero-order chi connectivity index (χ0) is 15.1. The average molecular weight is 348 g/mol. The van der Waals surface area contributed by atoms with Crippen LogP contribution in [0.15, 0.2) is 52.3 Å². The Morgan fingerprint density at radius 3 is 3.05 bits per heavy atom. The van der Waals surface area contributed by atoms with E-state index in [1.807, 2.05) is 25.1 Å². The zero-order valence-electron chi connectivity index (χ0n) is 11.4. The van der Waals surface area contributed by atoms with Crippen LogP contribution >= 0.6 is 15.9 Å². The molecule has 0 saturated carbocycles. The Hall–Kier alpha value is -2.21. The molecule has 0 bridgehead atoms. The number of hydrogen-bond donors (Lipinski definition) is 1. The molecular formula is C15H14BrN3O2. The van der Waals surface area contributed by atoms with Crippen molar-refractivity contribution in [1.82, 2.24) is 10.4 Å². The number of hydrogen-bond acceptors (Lipinski definition) is 4. The summed E-state index contributed by atoms with van der Waals surface area (Å²) in [6.45, 7) is 1.86. The second kappa shape index (κ2) is 7.54. The smallest absolute Gasteiger partial charge is 0.277 e. The van der Waals surface area contributed by atoms with Crippen LogP contribution in [0, 0.1) is 6.92 Å². The van der Waals surface area contributed by atoms with Crippen molar-refractivity contribution in [2.75, 3.05) is 6.61 Å². The molecule has 6 heteroatoms. The molecule has 0 aliphatic carbocycles. The number of carbonyl (C=O) groups is 1. The van der Waals surface area contributed by atoms with Crippen LogP contribution in [0.2, 0.25) is 0 Å². The van der Waals surface area contributed by atoms with Gasteiger partial charge in [-0.1, -0.05) is 22.0 Å². The molecule has 0 spiro atoms. The van der Waals surface area contributed by atoms with Crippen molar-refractivity contribution in [2.45, 2.75) is 6.92 Å². The van der Waals surface area contributed by atoms with Crippen molar-refractivity contribution in [2.24, 2.45) is 5.10 Å². The minimum Gasteiger partial charge on any atom is -0.484 e. The first kappa shape index (κ1) is 15.2. The lowest BCUT2D eigenvalue weighted by Gasteiger charge is -2.06. The Labute approximate surface area is 131 Å². The number of rotatable bonds is 5. The molecule has 0 atom stereocenters. The second-order valence-corrected chi connectivity index (χ2v) is 5.13. The number of carbonyl (C=O) groups excluding carboxylic acids is 1. The van der Waals surface area contributed by atoms with Crippen molar-refractivity contribution < 1.29 is 9.53 Å². The number of nitrogens with zero attached hydrogens (tertiary/aromatic N) is 2. The number of pyridine rings is 1. The SMILES string of the molecule is Cc1cc(OCC(=O)NN=Cc2cccnc2)ccc1Br. The number of halogens is 1. The Morgan fingerprint density at radius 2 is 2.33 bits per heavy atom. The number of ether oxygens (including phenoxy) is 1. The van der Waals surface area contributed by atoms with Crippen LogP contribution in [0.1, 0.15) is 11.1 Å². The van der Waals surface area contributed by atoms with Crippen LogP contribution in [0.3, 0.4) is 0 Å². The molecule has 2 rings (SSSR count). The summed E-state index contributed by atoms with van der Waals surface area (Å²) in [5.74, 6) is 0.317. The maximum Gasteiger partial charge on any atom is 0.277 e. The molecule has 0 saturated heterocycles. The summed E-state index contributed by atoms with van der Waals surface area (Å²) in [5.41, 5.74) is 4.25. The summed E-state index contributed by atoms with van der Waals surface area (Å²) in [7, 11) is 0. The summed E-state index contributed by atoms with van der Waals surface area (Å²) in [5, 5.41) is 3.83. The van der Waals surface area contributed by atoms with Gasteiger partial charge in [0, 0.05) is 22.4 Å². The first-order valence-electron chi connectivity index (χ1n) is 6.26. The van der Waals surface area contributed by atoms with E-state index < -0.39 is 0 Å². The number of aromatic nitrogens is 1. The Morgan fingerprint density at radius 1 is 1.48 bits per heavy atom. The van der Waals surface area contributed by atoms with Crippen LogP contribution in [-0.4, -0.2) is 23.7 Å². The van der Waals surface area contributed by atoms with Gasteiger partial charge in [0.1, 0.15) is 5.75 Å². The fourth-order valence-electron chi connectivity index (χ4n) is 1.52. The molecule has 0 unspecified atom stereocenters. The third-order valence-corrected chi connectivity index (χ3v) is 3.48. The van der Waals surface area contributed by atoms with Gasteiger partial charge in [0.25, 0.3) is 5.91 Å². The van der Waals surface area contributed by atoms with Crippen molar-refractivity contribution in [3.63, 3.8) is 0 Å². The highest BCUT2D eigenvalue weighted by Crippen LogP contribution is 2.21. The number of hydrazone groups is 1. The molecule has 0 aliphatic rings. The fraction of sp³-hybridized carbons (Fsp3) is 0.133. The lowest BCUT2D eigenvalue weighted by Crippen LogP contribution is -2.24. The van der Waals surface area contributed by atoms with Gasteiger partial charge in [0.2, 0.25) is 0 Å². The van der Waals surface area contributed by atoms with E-state index in [4.69, 9.17) is 4.74 Å². The summed E-state index contributed by atoms with van der Waals surface area (Å²) < 4.78 is 6.39. The quantitative estimate of drug-likeness (QED) is 0.668. The summed E-state index contributed by atoms with van der Waals surface area (Å²) in [4.78, 5) is 15.5. The van der Waals surface area contributed by atoms with E-state index in [9.17, 15) is 4.79 Å². The van der Waals surface area contributed by atoms with Crippen molar-refractivity contribution in [3.05, 3.63) is 58.3 Å². The number of nitrogens with one attached hydrogen (secondary N) is 1. The monoisotopic (exact) mass is 347 g/mol. The lowest BCUT2D eigenvalue weighted by atomic mass is 10.2. The van der Waals surface area contributed by atoms with E-state index in [-0.39, 0.29) is 12.5 Å². The Kier molecular flexibility index (Phi) is 5.45. The van der Waals surface area contributed by atoms with Crippen LogP contribution in [0.4, 0.5) is 0 Å². The highest BCUT2D eigenvalue weighted by Gasteiger charge is 2.02. The molecule has 1 amide bonds. The third-order valence-electron chi connectivity index (χ3n) is 2.59. The van der Waals surface area contributed by atoms with Crippen LogP contribution in [0.25, 0.3) is 0 Å². The minimum absolute atomic E-state index is 0.0918. The topological polar surface area (TPSA) is 63.6 Å². The van der Waals surface area contributed by atoms with Gasteiger partial charge >= 0.3 is 0 Å².